The number of methoxy groups -OCH3 is 2. The van der Waals surface area contributed by atoms with E-state index in [1.165, 1.54) is 0 Å². The Kier molecular flexibility index (Phi) is 4.77. The summed E-state index contributed by atoms with van der Waals surface area (Å²) in [7, 11) is 9.07. The van der Waals surface area contributed by atoms with Crippen LogP contribution in [0.4, 0.5) is 0 Å². The smallest absolute Gasteiger partial charge is 0.174 e. The summed E-state index contributed by atoms with van der Waals surface area (Å²) in [4.78, 5) is 1.02. The van der Waals surface area contributed by atoms with Crippen molar-refractivity contribution in [2.24, 2.45) is 5.73 Å². The maximum atomic E-state index is 5.82. The van der Waals surface area contributed by atoms with Gasteiger partial charge in [0.15, 0.2) is 11.5 Å². The van der Waals surface area contributed by atoms with Crippen molar-refractivity contribution in [3.8, 4) is 11.5 Å². The van der Waals surface area contributed by atoms with Gasteiger partial charge in [0.05, 0.1) is 27.0 Å². The monoisotopic (exact) mass is 251 g/mol. The van der Waals surface area contributed by atoms with E-state index in [4.69, 9.17) is 23.1 Å². The first-order valence-corrected chi connectivity index (χ1v) is 6.50. The molecule has 0 saturated heterocycles. The maximum Gasteiger partial charge on any atom is 0.174 e. The Balaban J connectivity index is 3.18. The van der Waals surface area contributed by atoms with Crippen LogP contribution >= 0.6 is 11.8 Å². The predicted molar refractivity (Wildman–Crippen MR) is 73.4 cm³/mol. The summed E-state index contributed by atoms with van der Waals surface area (Å²) < 4.78 is 10.6. The molecule has 17 heavy (non-hydrogen) atoms. The van der Waals surface area contributed by atoms with E-state index in [1.807, 2.05) is 18.4 Å². The Morgan fingerprint density at radius 2 is 2.00 bits per heavy atom. The Bertz CT molecular complexity index is 366. The molecule has 2 radical (unpaired) electrons. The highest BCUT2D eigenvalue weighted by atomic mass is 32.2. The lowest BCUT2D eigenvalue weighted by Crippen LogP contribution is -2.38. The summed E-state index contributed by atoms with van der Waals surface area (Å²) in [6.07, 6.45) is 2.58. The topological polar surface area (TPSA) is 44.5 Å². The van der Waals surface area contributed by atoms with E-state index in [0.29, 0.717) is 12.2 Å². The SMILES string of the molecule is [B]C(C)(N)Cc1cc(OC)c(OC)c(SC)c1. The highest BCUT2D eigenvalue weighted by molar-refractivity contribution is 7.98. The van der Waals surface area contributed by atoms with Gasteiger partial charge in [-0.25, -0.2) is 0 Å². The zero-order valence-corrected chi connectivity index (χ0v) is 11.6. The van der Waals surface area contributed by atoms with Crippen molar-refractivity contribution >= 4 is 19.6 Å². The van der Waals surface area contributed by atoms with Crippen LogP contribution in [0, 0.1) is 0 Å². The Morgan fingerprint density at radius 3 is 2.41 bits per heavy atom. The van der Waals surface area contributed by atoms with Crippen LogP contribution < -0.4 is 15.2 Å². The van der Waals surface area contributed by atoms with Gasteiger partial charge >= 0.3 is 0 Å². The minimum atomic E-state index is -0.727. The Morgan fingerprint density at radius 1 is 1.35 bits per heavy atom. The van der Waals surface area contributed by atoms with E-state index in [1.54, 1.807) is 32.9 Å². The molecular formula is C12H18BNO2S. The van der Waals surface area contributed by atoms with Crippen LogP contribution in [0.25, 0.3) is 0 Å². The quantitative estimate of drug-likeness (QED) is 0.640. The fourth-order valence-electron chi connectivity index (χ4n) is 1.68. The van der Waals surface area contributed by atoms with Crippen LogP contribution in [0.15, 0.2) is 17.0 Å². The summed E-state index contributed by atoms with van der Waals surface area (Å²) in [6.45, 7) is 1.79. The zero-order chi connectivity index (χ0) is 13.1. The fraction of sp³-hybridized carbons (Fsp3) is 0.500. The van der Waals surface area contributed by atoms with E-state index in [9.17, 15) is 0 Å². The number of hydrogen-bond acceptors (Lipinski definition) is 4. The van der Waals surface area contributed by atoms with E-state index in [-0.39, 0.29) is 0 Å². The van der Waals surface area contributed by atoms with Crippen LogP contribution in [-0.2, 0) is 6.42 Å². The second kappa shape index (κ2) is 5.69. The third-order valence-corrected chi connectivity index (χ3v) is 3.05. The van der Waals surface area contributed by atoms with Gasteiger partial charge in [-0.1, -0.05) is 6.92 Å². The highest BCUT2D eigenvalue weighted by Gasteiger charge is 2.16. The summed E-state index contributed by atoms with van der Waals surface area (Å²) in [5.74, 6) is 1.46. The average molecular weight is 251 g/mol. The van der Waals surface area contributed by atoms with E-state index in [2.05, 4.69) is 0 Å². The minimum Gasteiger partial charge on any atom is -0.493 e. The number of rotatable bonds is 5. The summed E-state index contributed by atoms with van der Waals surface area (Å²) in [5.41, 5.74) is 6.13. The molecular weight excluding hydrogens is 233 g/mol. The lowest BCUT2D eigenvalue weighted by Gasteiger charge is -2.21. The molecule has 0 aliphatic heterocycles. The molecule has 3 nitrogen and oxygen atoms in total. The normalized spacial score (nSPS) is 14.2. The third kappa shape index (κ3) is 3.86. The molecule has 1 aromatic carbocycles. The molecule has 2 N–H and O–H groups in total. The van der Waals surface area contributed by atoms with Crippen molar-refractivity contribution < 1.29 is 9.47 Å². The fourth-order valence-corrected chi connectivity index (χ4v) is 2.32. The molecule has 0 aliphatic carbocycles. The van der Waals surface area contributed by atoms with Gasteiger partial charge in [0.2, 0.25) is 0 Å². The van der Waals surface area contributed by atoms with Crippen molar-refractivity contribution in [1.82, 2.24) is 0 Å². The molecule has 92 valence electrons. The van der Waals surface area contributed by atoms with Gasteiger partial charge in [-0.2, -0.15) is 0 Å². The summed E-state index contributed by atoms with van der Waals surface area (Å²) >= 11 is 1.60. The second-order valence-corrected chi connectivity index (χ2v) is 5.06. The molecule has 0 aromatic heterocycles. The van der Waals surface area contributed by atoms with E-state index < -0.39 is 5.44 Å². The van der Waals surface area contributed by atoms with Crippen LogP contribution in [0.1, 0.15) is 12.5 Å². The summed E-state index contributed by atoms with van der Waals surface area (Å²) in [5, 5.41) is 0. The highest BCUT2D eigenvalue weighted by Crippen LogP contribution is 2.38. The summed E-state index contributed by atoms with van der Waals surface area (Å²) in [6, 6.07) is 3.94. The molecule has 0 bridgehead atoms. The first kappa shape index (κ1) is 14.3. The van der Waals surface area contributed by atoms with E-state index in [0.717, 1.165) is 16.2 Å². The van der Waals surface area contributed by atoms with Crippen molar-refractivity contribution in [2.75, 3.05) is 20.5 Å². The number of benzene rings is 1. The second-order valence-electron chi connectivity index (χ2n) is 4.22. The van der Waals surface area contributed by atoms with Crippen LogP contribution in [0.3, 0.4) is 0 Å². The average Bonchev–Trinajstić information content (AvgIpc) is 2.25. The molecule has 1 aromatic rings. The van der Waals surface area contributed by atoms with Crippen molar-refractivity contribution in [2.45, 2.75) is 23.7 Å². The van der Waals surface area contributed by atoms with Gasteiger partial charge < -0.3 is 15.2 Å². The molecule has 0 aliphatic rings. The zero-order valence-electron chi connectivity index (χ0n) is 10.7. The Labute approximate surface area is 108 Å². The van der Waals surface area contributed by atoms with Gasteiger partial charge in [0.25, 0.3) is 0 Å². The van der Waals surface area contributed by atoms with Gasteiger partial charge in [-0.15, -0.1) is 11.8 Å². The number of nitrogens with two attached hydrogens (primary N) is 1. The molecule has 5 heteroatoms. The van der Waals surface area contributed by atoms with Gasteiger partial charge in [-0.05, 0) is 35.8 Å². The first-order valence-electron chi connectivity index (χ1n) is 5.28. The molecule has 0 spiro atoms. The van der Waals surface area contributed by atoms with Crippen LogP contribution in [0.2, 0.25) is 0 Å². The molecule has 0 fully saturated rings. The van der Waals surface area contributed by atoms with Gasteiger partial charge in [0, 0.05) is 0 Å². The maximum absolute atomic E-state index is 5.82. The lowest BCUT2D eigenvalue weighted by atomic mass is 9.76. The van der Waals surface area contributed by atoms with Crippen molar-refractivity contribution in [1.29, 1.82) is 0 Å². The van der Waals surface area contributed by atoms with Crippen molar-refractivity contribution in [3.63, 3.8) is 0 Å². The van der Waals surface area contributed by atoms with Gasteiger partial charge in [-0.3, -0.25) is 0 Å². The van der Waals surface area contributed by atoms with E-state index >= 15 is 0 Å². The number of hydrogen-bond donors (Lipinski definition) is 1. The molecule has 0 saturated carbocycles. The first-order chi connectivity index (χ1) is 7.91. The minimum absolute atomic E-state index is 0.584. The third-order valence-electron chi connectivity index (χ3n) is 2.31. The van der Waals surface area contributed by atoms with Crippen LogP contribution in [-0.4, -0.2) is 33.8 Å². The molecule has 1 atom stereocenters. The van der Waals surface area contributed by atoms with Crippen LogP contribution in [0.5, 0.6) is 11.5 Å². The van der Waals surface area contributed by atoms with Crippen molar-refractivity contribution in [3.05, 3.63) is 17.7 Å². The number of thioether (sulfide) groups is 1. The van der Waals surface area contributed by atoms with Gasteiger partial charge in [0.1, 0.15) is 0 Å². The molecule has 0 heterocycles. The molecule has 1 rings (SSSR count). The number of ether oxygens (including phenoxy) is 2. The molecule has 1 unspecified atom stereocenters. The lowest BCUT2D eigenvalue weighted by molar-refractivity contribution is 0.347. The standard InChI is InChI=1S/C12H18BNO2S/c1-12(13,14)7-8-5-9(15-2)11(16-3)10(6-8)17-4/h5-6H,7,14H2,1-4H3. The molecule has 0 amide bonds. The predicted octanol–water partition coefficient (Wildman–Crippen LogP) is 1.81. The largest absolute Gasteiger partial charge is 0.493 e. The Hall–Kier alpha value is -0.805.